The van der Waals surface area contributed by atoms with Crippen LogP contribution in [0.15, 0.2) is 23.7 Å². The quantitative estimate of drug-likeness (QED) is 0.798. The smallest absolute Gasteiger partial charge is 0.313 e. The molecule has 2 aromatic rings. The van der Waals surface area contributed by atoms with Gasteiger partial charge in [-0.3, -0.25) is 5.10 Å². The lowest BCUT2D eigenvalue weighted by Crippen LogP contribution is -2.17. The predicted octanol–water partition coefficient (Wildman–Crippen LogP) is 3.57. The summed E-state index contributed by atoms with van der Waals surface area (Å²) in [5.74, 6) is 0. The van der Waals surface area contributed by atoms with E-state index in [1.54, 1.807) is 17.5 Å². The second-order valence-electron chi connectivity index (χ2n) is 4.14. The molecule has 3 nitrogen and oxygen atoms in total. The molecule has 0 fully saturated rings. The average molecular weight is 289 g/mol. The van der Waals surface area contributed by atoms with Crippen LogP contribution in [0.1, 0.15) is 18.4 Å². The Hall–Kier alpha value is -1.34. The molecule has 0 amide bonds. The molecule has 0 aliphatic carbocycles. The molecule has 0 radical (unpaired) electrons. The van der Waals surface area contributed by atoms with Crippen molar-refractivity contribution in [2.24, 2.45) is 0 Å². The van der Waals surface area contributed by atoms with Gasteiger partial charge in [-0.15, -0.1) is 11.3 Å². The van der Waals surface area contributed by atoms with E-state index in [1.165, 1.54) is 0 Å². The number of nitrogens with one attached hydrogen (secondary N) is 2. The van der Waals surface area contributed by atoms with Crippen molar-refractivity contribution in [3.8, 4) is 10.6 Å². The van der Waals surface area contributed by atoms with Gasteiger partial charge in [0.05, 0.1) is 16.8 Å². The molecule has 0 bridgehead atoms. The van der Waals surface area contributed by atoms with E-state index in [-0.39, 0.29) is 6.42 Å². The fraction of sp³-hybridized carbons (Fsp3) is 0.417. The van der Waals surface area contributed by atoms with Crippen molar-refractivity contribution in [1.82, 2.24) is 15.5 Å². The molecule has 0 aliphatic heterocycles. The topological polar surface area (TPSA) is 40.7 Å². The molecule has 0 atom stereocenters. The fourth-order valence-corrected chi connectivity index (χ4v) is 2.47. The summed E-state index contributed by atoms with van der Waals surface area (Å²) in [6.07, 6.45) is -3.02. The van der Waals surface area contributed by atoms with Crippen LogP contribution in [-0.2, 0) is 6.54 Å². The third-order valence-electron chi connectivity index (χ3n) is 2.61. The van der Waals surface area contributed by atoms with Crippen molar-refractivity contribution in [2.45, 2.75) is 25.6 Å². The van der Waals surface area contributed by atoms with Crippen LogP contribution in [0.4, 0.5) is 13.2 Å². The Bertz CT molecular complexity index is 491. The number of thiophene rings is 1. The molecule has 0 unspecified atom stereocenters. The number of H-pyrrole nitrogens is 1. The standard InChI is InChI=1S/C12H14F3N3S/c13-12(14,15)4-2-5-16-7-9-8-17-18-11(9)10-3-1-6-19-10/h1,3,6,8,16H,2,4-5,7H2,(H,17,18). The first kappa shape index (κ1) is 14.1. The molecule has 2 rings (SSSR count). The van der Waals surface area contributed by atoms with Crippen LogP contribution in [-0.4, -0.2) is 22.9 Å². The zero-order chi connectivity index (χ0) is 13.7. The second kappa shape index (κ2) is 6.21. The van der Waals surface area contributed by atoms with Gasteiger partial charge in [0.2, 0.25) is 0 Å². The van der Waals surface area contributed by atoms with E-state index in [4.69, 9.17) is 0 Å². The fourth-order valence-electron chi connectivity index (χ4n) is 1.72. The molecule has 7 heteroatoms. The lowest BCUT2D eigenvalue weighted by atomic mass is 10.2. The highest BCUT2D eigenvalue weighted by Gasteiger charge is 2.25. The Balaban J connectivity index is 1.80. The first-order valence-corrected chi connectivity index (χ1v) is 6.78. The van der Waals surface area contributed by atoms with Gasteiger partial charge < -0.3 is 5.32 Å². The van der Waals surface area contributed by atoms with Gasteiger partial charge in [0.25, 0.3) is 0 Å². The zero-order valence-corrected chi connectivity index (χ0v) is 10.9. The number of rotatable bonds is 6. The first-order valence-electron chi connectivity index (χ1n) is 5.90. The van der Waals surface area contributed by atoms with Crippen LogP contribution >= 0.6 is 11.3 Å². The van der Waals surface area contributed by atoms with Crippen LogP contribution in [0.2, 0.25) is 0 Å². The molecule has 104 valence electrons. The third-order valence-corrected chi connectivity index (χ3v) is 3.50. The predicted molar refractivity (Wildman–Crippen MR) is 68.9 cm³/mol. The van der Waals surface area contributed by atoms with Crippen molar-refractivity contribution in [3.63, 3.8) is 0 Å². The molecule has 19 heavy (non-hydrogen) atoms. The SMILES string of the molecule is FC(F)(F)CCCNCc1cn[nH]c1-c1cccs1. The van der Waals surface area contributed by atoms with Gasteiger partial charge in [0.15, 0.2) is 0 Å². The number of nitrogens with zero attached hydrogens (tertiary/aromatic N) is 1. The molecule has 0 aliphatic rings. The number of hydrogen-bond acceptors (Lipinski definition) is 3. The minimum atomic E-state index is -4.07. The summed E-state index contributed by atoms with van der Waals surface area (Å²) in [5, 5.41) is 11.9. The molecular weight excluding hydrogens is 275 g/mol. The Labute approximate surface area is 112 Å². The number of alkyl halides is 3. The molecule has 0 saturated carbocycles. The zero-order valence-electron chi connectivity index (χ0n) is 10.1. The van der Waals surface area contributed by atoms with E-state index < -0.39 is 12.6 Å². The molecule has 2 N–H and O–H groups in total. The second-order valence-corrected chi connectivity index (χ2v) is 5.09. The minimum absolute atomic E-state index is 0.0929. The van der Waals surface area contributed by atoms with E-state index in [9.17, 15) is 13.2 Å². The van der Waals surface area contributed by atoms with Crippen LogP contribution in [0.5, 0.6) is 0 Å². The third kappa shape index (κ3) is 4.36. The summed E-state index contributed by atoms with van der Waals surface area (Å²) in [5.41, 5.74) is 1.90. The first-order chi connectivity index (χ1) is 9.06. The minimum Gasteiger partial charge on any atom is -0.313 e. The largest absolute Gasteiger partial charge is 0.389 e. The van der Waals surface area contributed by atoms with Crippen LogP contribution in [0.25, 0.3) is 10.6 Å². The number of aromatic amines is 1. The van der Waals surface area contributed by atoms with Gasteiger partial charge >= 0.3 is 6.18 Å². The average Bonchev–Trinajstić information content (AvgIpc) is 2.96. The van der Waals surface area contributed by atoms with E-state index >= 15 is 0 Å². The highest BCUT2D eigenvalue weighted by molar-refractivity contribution is 7.13. The molecule has 2 heterocycles. The molecule has 0 saturated heterocycles. The van der Waals surface area contributed by atoms with E-state index in [0.29, 0.717) is 13.1 Å². The lowest BCUT2D eigenvalue weighted by Gasteiger charge is -2.07. The van der Waals surface area contributed by atoms with Crippen LogP contribution in [0.3, 0.4) is 0 Å². The number of halogens is 3. The van der Waals surface area contributed by atoms with Crippen molar-refractivity contribution in [1.29, 1.82) is 0 Å². The van der Waals surface area contributed by atoms with E-state index in [1.807, 2.05) is 17.5 Å². The Morgan fingerprint density at radius 2 is 2.21 bits per heavy atom. The summed E-state index contributed by atoms with van der Waals surface area (Å²) in [6, 6.07) is 3.92. The summed E-state index contributed by atoms with van der Waals surface area (Å²) >= 11 is 1.59. The Morgan fingerprint density at radius 3 is 2.89 bits per heavy atom. The van der Waals surface area contributed by atoms with Crippen molar-refractivity contribution in [2.75, 3.05) is 6.54 Å². The van der Waals surface area contributed by atoms with Gasteiger partial charge in [-0.25, -0.2) is 0 Å². The summed E-state index contributed by atoms with van der Waals surface area (Å²) < 4.78 is 35.9. The van der Waals surface area contributed by atoms with Crippen molar-refractivity contribution < 1.29 is 13.2 Å². The number of aromatic nitrogens is 2. The maximum atomic E-state index is 12.0. The maximum Gasteiger partial charge on any atom is 0.389 e. The monoisotopic (exact) mass is 289 g/mol. The summed E-state index contributed by atoms with van der Waals surface area (Å²) in [4.78, 5) is 1.07. The van der Waals surface area contributed by atoms with Crippen molar-refractivity contribution in [3.05, 3.63) is 29.3 Å². The van der Waals surface area contributed by atoms with Crippen LogP contribution in [0, 0.1) is 0 Å². The number of hydrogen-bond donors (Lipinski definition) is 2. The molecule has 0 aromatic carbocycles. The molecule has 2 aromatic heterocycles. The Morgan fingerprint density at radius 1 is 1.37 bits per heavy atom. The summed E-state index contributed by atoms with van der Waals surface area (Å²) in [6.45, 7) is 0.857. The molecular formula is C12H14F3N3S. The lowest BCUT2D eigenvalue weighted by molar-refractivity contribution is -0.135. The van der Waals surface area contributed by atoms with E-state index in [2.05, 4.69) is 15.5 Å². The maximum absolute atomic E-state index is 12.0. The van der Waals surface area contributed by atoms with Gasteiger partial charge in [-0.05, 0) is 24.4 Å². The molecule has 0 spiro atoms. The van der Waals surface area contributed by atoms with Gasteiger partial charge in [0, 0.05) is 18.5 Å². The normalized spacial score (nSPS) is 11.9. The van der Waals surface area contributed by atoms with Gasteiger partial charge in [-0.2, -0.15) is 18.3 Å². The van der Waals surface area contributed by atoms with Gasteiger partial charge in [0.1, 0.15) is 0 Å². The summed E-state index contributed by atoms with van der Waals surface area (Å²) in [7, 11) is 0. The van der Waals surface area contributed by atoms with E-state index in [0.717, 1.165) is 16.1 Å². The highest BCUT2D eigenvalue weighted by atomic mass is 32.1. The van der Waals surface area contributed by atoms with Gasteiger partial charge in [-0.1, -0.05) is 6.07 Å². The highest BCUT2D eigenvalue weighted by Crippen LogP contribution is 2.25. The van der Waals surface area contributed by atoms with Crippen LogP contribution < -0.4 is 5.32 Å². The van der Waals surface area contributed by atoms with Crippen molar-refractivity contribution >= 4 is 11.3 Å². The Kier molecular flexibility index (Phi) is 4.60.